The molecule has 2 rings (SSSR count). The number of hydrogen-bond acceptors (Lipinski definition) is 5. The van der Waals surface area contributed by atoms with E-state index >= 15 is 0 Å². The van der Waals surface area contributed by atoms with Crippen molar-refractivity contribution in [2.75, 3.05) is 13.6 Å². The van der Waals surface area contributed by atoms with E-state index in [4.69, 9.17) is 0 Å². The van der Waals surface area contributed by atoms with Gasteiger partial charge in [0, 0.05) is 12.1 Å². The molecule has 0 saturated carbocycles. The van der Waals surface area contributed by atoms with Gasteiger partial charge in [-0.3, -0.25) is 4.79 Å². The molecule has 0 bridgehead atoms. The predicted octanol–water partition coefficient (Wildman–Crippen LogP) is -0.298. The van der Waals surface area contributed by atoms with E-state index in [1.54, 1.807) is 7.05 Å². The molecule has 0 fully saturated rings. The maximum Gasteiger partial charge on any atom is 0.234 e. The summed E-state index contributed by atoms with van der Waals surface area (Å²) in [5.41, 5.74) is 1.90. The van der Waals surface area contributed by atoms with Crippen molar-refractivity contribution in [2.24, 2.45) is 0 Å². The Morgan fingerprint density at radius 1 is 1.33 bits per heavy atom. The third kappa shape index (κ3) is 3.11. The average Bonchev–Trinajstić information content (AvgIpc) is 2.91. The average molecular weight is 246 g/mol. The molecule has 1 aromatic carbocycles. The summed E-state index contributed by atoms with van der Waals surface area (Å²) in [5, 5.41) is 19.3. The number of tetrazole rings is 1. The first kappa shape index (κ1) is 12.2. The van der Waals surface area contributed by atoms with Crippen molar-refractivity contribution in [3.63, 3.8) is 0 Å². The molecule has 7 heteroatoms. The van der Waals surface area contributed by atoms with Gasteiger partial charge in [0.2, 0.25) is 11.7 Å². The highest BCUT2D eigenvalue weighted by Crippen LogP contribution is 2.13. The number of rotatable bonds is 5. The molecule has 0 radical (unpaired) electrons. The third-order valence-corrected chi connectivity index (χ3v) is 2.38. The highest BCUT2D eigenvalue weighted by atomic mass is 16.1. The van der Waals surface area contributed by atoms with Gasteiger partial charge < -0.3 is 10.6 Å². The Hall–Kier alpha value is -2.28. The molecular formula is C11H14N6O. The molecule has 0 aliphatic heterocycles. The first-order valence-electron chi connectivity index (χ1n) is 5.53. The summed E-state index contributed by atoms with van der Waals surface area (Å²) in [4.78, 5) is 11.3. The Labute approximate surface area is 104 Å². The Balaban J connectivity index is 1.94. The first-order valence-corrected chi connectivity index (χ1v) is 5.53. The molecule has 3 N–H and O–H groups in total. The van der Waals surface area contributed by atoms with Crippen LogP contribution in [-0.2, 0) is 11.3 Å². The molecule has 0 unspecified atom stereocenters. The van der Waals surface area contributed by atoms with Gasteiger partial charge >= 0.3 is 0 Å². The summed E-state index contributed by atoms with van der Waals surface area (Å²) < 4.78 is 0. The van der Waals surface area contributed by atoms with Crippen molar-refractivity contribution >= 4 is 5.91 Å². The van der Waals surface area contributed by atoms with E-state index in [9.17, 15) is 4.79 Å². The summed E-state index contributed by atoms with van der Waals surface area (Å²) in [5.74, 6) is 0.528. The van der Waals surface area contributed by atoms with Crippen LogP contribution in [-0.4, -0.2) is 40.1 Å². The minimum Gasteiger partial charge on any atom is -0.351 e. The third-order valence-electron chi connectivity index (χ3n) is 2.38. The Bertz CT molecular complexity index is 493. The molecule has 0 aliphatic carbocycles. The van der Waals surface area contributed by atoms with Crippen LogP contribution in [0, 0.1) is 0 Å². The SMILES string of the molecule is CNCC(=O)NCc1ccc(-c2nn[nH]n2)cc1. The summed E-state index contributed by atoms with van der Waals surface area (Å²) in [6.07, 6.45) is 0. The maximum absolute atomic E-state index is 11.3. The molecule has 0 aliphatic rings. The number of hydrogen-bond donors (Lipinski definition) is 3. The Morgan fingerprint density at radius 3 is 2.72 bits per heavy atom. The van der Waals surface area contributed by atoms with Crippen LogP contribution in [0.2, 0.25) is 0 Å². The molecular weight excluding hydrogens is 232 g/mol. The predicted molar refractivity (Wildman–Crippen MR) is 65.4 cm³/mol. The number of carbonyl (C=O) groups excluding carboxylic acids is 1. The van der Waals surface area contributed by atoms with Crippen molar-refractivity contribution in [3.05, 3.63) is 29.8 Å². The molecule has 0 spiro atoms. The standard InChI is InChI=1S/C11H14N6O/c1-12-7-10(18)13-6-8-2-4-9(5-3-8)11-14-16-17-15-11/h2-5,12H,6-7H2,1H3,(H,13,18)(H,14,15,16,17). The summed E-state index contributed by atoms with van der Waals surface area (Å²) in [7, 11) is 1.74. The van der Waals surface area contributed by atoms with Crippen LogP contribution < -0.4 is 10.6 Å². The Kier molecular flexibility index (Phi) is 3.98. The molecule has 1 amide bonds. The molecule has 1 aromatic heterocycles. The van der Waals surface area contributed by atoms with Crippen molar-refractivity contribution in [1.29, 1.82) is 0 Å². The van der Waals surface area contributed by atoms with Crippen LogP contribution in [0.4, 0.5) is 0 Å². The topological polar surface area (TPSA) is 95.6 Å². The number of aromatic nitrogens is 4. The zero-order chi connectivity index (χ0) is 12.8. The van der Waals surface area contributed by atoms with Crippen molar-refractivity contribution in [2.45, 2.75) is 6.54 Å². The number of H-pyrrole nitrogens is 1. The second-order valence-electron chi connectivity index (χ2n) is 3.74. The molecule has 18 heavy (non-hydrogen) atoms. The fraction of sp³-hybridized carbons (Fsp3) is 0.273. The van der Waals surface area contributed by atoms with E-state index in [0.29, 0.717) is 18.9 Å². The van der Waals surface area contributed by atoms with E-state index in [1.165, 1.54) is 0 Å². The van der Waals surface area contributed by atoms with Crippen molar-refractivity contribution in [3.8, 4) is 11.4 Å². The van der Waals surface area contributed by atoms with E-state index in [0.717, 1.165) is 11.1 Å². The molecule has 0 atom stereocenters. The maximum atomic E-state index is 11.3. The van der Waals surface area contributed by atoms with Crippen molar-refractivity contribution < 1.29 is 4.79 Å². The lowest BCUT2D eigenvalue weighted by Crippen LogP contribution is -2.31. The zero-order valence-electron chi connectivity index (χ0n) is 9.97. The van der Waals surface area contributed by atoms with Crippen molar-refractivity contribution in [1.82, 2.24) is 31.3 Å². The lowest BCUT2D eigenvalue weighted by Gasteiger charge is -2.05. The van der Waals surface area contributed by atoms with E-state index in [1.807, 2.05) is 24.3 Å². The monoisotopic (exact) mass is 246 g/mol. The van der Waals surface area contributed by atoms with Crippen LogP contribution in [0.25, 0.3) is 11.4 Å². The largest absolute Gasteiger partial charge is 0.351 e. The molecule has 1 heterocycles. The van der Waals surface area contributed by atoms with Crippen LogP contribution in [0.1, 0.15) is 5.56 Å². The quantitative estimate of drug-likeness (QED) is 0.673. The molecule has 94 valence electrons. The second kappa shape index (κ2) is 5.87. The minimum absolute atomic E-state index is 0.0280. The summed E-state index contributed by atoms with van der Waals surface area (Å²) in [6, 6.07) is 7.63. The summed E-state index contributed by atoms with van der Waals surface area (Å²) in [6.45, 7) is 0.827. The number of aromatic amines is 1. The van der Waals surface area contributed by atoms with Crippen LogP contribution in [0.5, 0.6) is 0 Å². The molecule has 0 saturated heterocycles. The normalized spacial score (nSPS) is 10.3. The second-order valence-corrected chi connectivity index (χ2v) is 3.74. The zero-order valence-corrected chi connectivity index (χ0v) is 9.97. The van der Waals surface area contributed by atoms with Gasteiger partial charge in [-0.2, -0.15) is 5.21 Å². The van der Waals surface area contributed by atoms with Gasteiger partial charge in [-0.15, -0.1) is 10.2 Å². The van der Waals surface area contributed by atoms with Crippen LogP contribution in [0.15, 0.2) is 24.3 Å². The van der Waals surface area contributed by atoms with Gasteiger partial charge in [0.05, 0.1) is 6.54 Å². The minimum atomic E-state index is -0.0280. The lowest BCUT2D eigenvalue weighted by molar-refractivity contribution is -0.120. The smallest absolute Gasteiger partial charge is 0.234 e. The van der Waals surface area contributed by atoms with Gasteiger partial charge in [-0.1, -0.05) is 24.3 Å². The number of benzene rings is 1. The van der Waals surface area contributed by atoms with Crippen LogP contribution >= 0.6 is 0 Å². The fourth-order valence-electron chi connectivity index (χ4n) is 1.48. The van der Waals surface area contributed by atoms with Gasteiger partial charge in [-0.05, 0) is 17.8 Å². The van der Waals surface area contributed by atoms with Gasteiger partial charge in [0.1, 0.15) is 0 Å². The van der Waals surface area contributed by atoms with Gasteiger partial charge in [0.15, 0.2) is 0 Å². The molecule has 2 aromatic rings. The fourth-order valence-corrected chi connectivity index (χ4v) is 1.48. The number of nitrogens with zero attached hydrogens (tertiary/aromatic N) is 3. The number of nitrogens with one attached hydrogen (secondary N) is 3. The number of amides is 1. The highest BCUT2D eigenvalue weighted by molar-refractivity contribution is 5.77. The lowest BCUT2D eigenvalue weighted by atomic mass is 10.1. The van der Waals surface area contributed by atoms with E-state index in [2.05, 4.69) is 31.3 Å². The highest BCUT2D eigenvalue weighted by Gasteiger charge is 2.03. The van der Waals surface area contributed by atoms with E-state index in [-0.39, 0.29) is 5.91 Å². The number of carbonyl (C=O) groups is 1. The molecule has 7 nitrogen and oxygen atoms in total. The summed E-state index contributed by atoms with van der Waals surface area (Å²) >= 11 is 0. The van der Waals surface area contributed by atoms with Crippen LogP contribution in [0.3, 0.4) is 0 Å². The Morgan fingerprint density at radius 2 is 2.11 bits per heavy atom. The van der Waals surface area contributed by atoms with E-state index < -0.39 is 0 Å². The van der Waals surface area contributed by atoms with Gasteiger partial charge in [-0.25, -0.2) is 0 Å². The first-order chi connectivity index (χ1) is 8.79. The van der Waals surface area contributed by atoms with Gasteiger partial charge in [0.25, 0.3) is 0 Å². The number of likely N-dealkylation sites (N-methyl/N-ethyl adjacent to an activating group) is 1.